The predicted octanol–water partition coefficient (Wildman–Crippen LogP) is 0.337. The molecule has 0 heterocycles. The number of nitrogens with two attached hydrogens (primary N) is 1. The largest absolute Gasteiger partial charge is 0.376 e. The predicted molar refractivity (Wildman–Crippen MR) is 48.2 cm³/mol. The van der Waals surface area contributed by atoms with Crippen molar-refractivity contribution >= 4 is 35.8 Å². The molecule has 0 aliphatic rings. The van der Waals surface area contributed by atoms with E-state index < -0.39 is 6.64 Å². The van der Waals surface area contributed by atoms with Gasteiger partial charge in [0.1, 0.15) is 0 Å². The quantitative estimate of drug-likeness (QED) is 0.506. The fraction of sp³-hybridized carbons (Fsp3) is 0.667. The molecular formula is C3H9N2O2PS2. The van der Waals surface area contributed by atoms with Crippen LogP contribution in [-0.2, 0) is 20.9 Å². The molecule has 4 nitrogen and oxygen atoms in total. The summed E-state index contributed by atoms with van der Waals surface area (Å²) in [6, 6.07) is 0. The van der Waals surface area contributed by atoms with Crippen LogP contribution < -0.4 is 10.8 Å². The van der Waals surface area contributed by atoms with Crippen molar-refractivity contribution in [1.82, 2.24) is 5.09 Å². The molecule has 0 aromatic heterocycles. The molecule has 10 heavy (non-hydrogen) atoms. The summed E-state index contributed by atoms with van der Waals surface area (Å²) in [7, 11) is 2.88. The number of thiocarbonyl (C=S) groups is 1. The zero-order valence-corrected chi connectivity index (χ0v) is 8.18. The maximum absolute atomic E-state index is 5.15. The summed E-state index contributed by atoms with van der Waals surface area (Å²) in [5.74, 6) is 0. The minimum absolute atomic E-state index is 0.0898. The van der Waals surface area contributed by atoms with Gasteiger partial charge in [-0.2, -0.15) is 0 Å². The zero-order valence-electron chi connectivity index (χ0n) is 5.66. The average molecular weight is 200 g/mol. The SMILES string of the molecule is COP(=S)(NC(N)=S)OC. The summed E-state index contributed by atoms with van der Waals surface area (Å²) in [5.41, 5.74) is 5.15. The fourth-order valence-corrected chi connectivity index (χ4v) is 1.73. The number of hydrogen-bond donors (Lipinski definition) is 2. The van der Waals surface area contributed by atoms with E-state index in [1.54, 1.807) is 0 Å². The Labute approximate surface area is 70.3 Å². The van der Waals surface area contributed by atoms with Crippen LogP contribution in [0.5, 0.6) is 0 Å². The van der Waals surface area contributed by atoms with Crippen molar-refractivity contribution in [3.8, 4) is 0 Å². The molecule has 0 unspecified atom stereocenters. The zero-order chi connectivity index (χ0) is 8.20. The Hall–Kier alpha value is 0.260. The van der Waals surface area contributed by atoms with Crippen molar-refractivity contribution in [2.75, 3.05) is 14.2 Å². The second-order valence-electron chi connectivity index (χ2n) is 1.34. The number of rotatable bonds is 3. The molecule has 60 valence electrons. The van der Waals surface area contributed by atoms with Gasteiger partial charge in [0.25, 0.3) is 6.64 Å². The second kappa shape index (κ2) is 4.20. The summed E-state index contributed by atoms with van der Waals surface area (Å²) < 4.78 is 9.65. The van der Waals surface area contributed by atoms with E-state index in [0.717, 1.165) is 0 Å². The molecule has 0 radical (unpaired) electrons. The highest BCUT2D eigenvalue weighted by Crippen LogP contribution is 2.41. The maximum Gasteiger partial charge on any atom is 0.288 e. The van der Waals surface area contributed by atoms with Gasteiger partial charge >= 0.3 is 0 Å². The molecule has 0 saturated heterocycles. The van der Waals surface area contributed by atoms with Crippen LogP contribution in [0.2, 0.25) is 0 Å². The lowest BCUT2D eigenvalue weighted by atomic mass is 11.3. The second-order valence-corrected chi connectivity index (χ2v) is 5.17. The van der Waals surface area contributed by atoms with Gasteiger partial charge < -0.3 is 14.8 Å². The minimum atomic E-state index is -2.42. The average Bonchev–Trinajstić information content (AvgIpc) is 1.87. The molecule has 0 atom stereocenters. The fourth-order valence-electron chi connectivity index (χ4n) is 0.301. The summed E-state index contributed by atoms with van der Waals surface area (Å²) in [6.45, 7) is -2.42. The molecule has 3 N–H and O–H groups in total. The van der Waals surface area contributed by atoms with E-state index in [2.05, 4.69) is 17.3 Å². The Balaban J connectivity index is 4.07. The van der Waals surface area contributed by atoms with Gasteiger partial charge in [-0.25, -0.2) is 0 Å². The van der Waals surface area contributed by atoms with Crippen LogP contribution in [-0.4, -0.2) is 19.3 Å². The molecule has 0 aromatic carbocycles. The van der Waals surface area contributed by atoms with Crippen molar-refractivity contribution in [2.24, 2.45) is 5.73 Å². The molecule has 0 fully saturated rings. The highest BCUT2D eigenvalue weighted by Gasteiger charge is 2.14. The van der Waals surface area contributed by atoms with Gasteiger partial charge in [-0.1, -0.05) is 0 Å². The standard InChI is InChI=1S/C3H9N2O2PS2/c1-6-8(10,7-2)5-3(4)9/h1-2H3,(H3,4,5,9,10). The van der Waals surface area contributed by atoms with Gasteiger partial charge in [0, 0.05) is 14.2 Å². The Morgan fingerprint density at radius 2 is 1.90 bits per heavy atom. The van der Waals surface area contributed by atoms with Gasteiger partial charge in [-0.05, 0) is 24.0 Å². The molecule has 0 aliphatic carbocycles. The van der Waals surface area contributed by atoms with Crippen LogP contribution in [0.15, 0.2) is 0 Å². The summed E-state index contributed by atoms with van der Waals surface area (Å²) in [6.07, 6.45) is 0. The molecule has 0 aromatic rings. The first-order chi connectivity index (χ1) is 4.54. The Morgan fingerprint density at radius 3 is 2.00 bits per heavy atom. The molecular weight excluding hydrogens is 191 g/mol. The monoisotopic (exact) mass is 200 g/mol. The van der Waals surface area contributed by atoms with Crippen LogP contribution in [0.1, 0.15) is 0 Å². The van der Waals surface area contributed by atoms with Crippen LogP contribution in [0.3, 0.4) is 0 Å². The summed E-state index contributed by atoms with van der Waals surface area (Å²) >= 11 is 9.41. The molecule has 7 heteroatoms. The number of nitrogens with one attached hydrogen (secondary N) is 1. The normalized spacial score (nSPS) is 11.0. The Kier molecular flexibility index (Phi) is 4.31. The highest BCUT2D eigenvalue weighted by atomic mass is 32.5. The van der Waals surface area contributed by atoms with Gasteiger partial charge in [-0.3, -0.25) is 5.09 Å². The van der Waals surface area contributed by atoms with Gasteiger partial charge in [0.15, 0.2) is 5.11 Å². The van der Waals surface area contributed by atoms with Crippen molar-refractivity contribution < 1.29 is 9.05 Å². The first kappa shape index (κ1) is 10.3. The van der Waals surface area contributed by atoms with E-state index >= 15 is 0 Å². The van der Waals surface area contributed by atoms with E-state index in [-0.39, 0.29) is 5.11 Å². The van der Waals surface area contributed by atoms with Crippen molar-refractivity contribution in [2.45, 2.75) is 0 Å². The van der Waals surface area contributed by atoms with Crippen molar-refractivity contribution in [1.29, 1.82) is 0 Å². The Morgan fingerprint density at radius 1 is 1.50 bits per heavy atom. The summed E-state index contributed by atoms with van der Waals surface area (Å²) in [5, 5.41) is 2.64. The van der Waals surface area contributed by atoms with E-state index in [1.807, 2.05) is 0 Å². The molecule has 0 saturated carbocycles. The third kappa shape index (κ3) is 3.43. The smallest absolute Gasteiger partial charge is 0.288 e. The van der Waals surface area contributed by atoms with Gasteiger partial charge in [0.2, 0.25) is 0 Å². The van der Waals surface area contributed by atoms with E-state index in [1.165, 1.54) is 14.2 Å². The molecule has 0 aliphatic heterocycles. The first-order valence-electron chi connectivity index (χ1n) is 2.33. The first-order valence-corrected chi connectivity index (χ1v) is 5.38. The van der Waals surface area contributed by atoms with E-state index in [4.69, 9.17) is 26.6 Å². The van der Waals surface area contributed by atoms with Gasteiger partial charge in [0.05, 0.1) is 0 Å². The minimum Gasteiger partial charge on any atom is -0.376 e. The molecule has 0 spiro atoms. The molecule has 0 bridgehead atoms. The van der Waals surface area contributed by atoms with Crippen LogP contribution >= 0.6 is 18.9 Å². The lowest BCUT2D eigenvalue weighted by Crippen LogP contribution is -2.27. The third-order valence-corrected chi connectivity index (χ3v) is 3.63. The lowest BCUT2D eigenvalue weighted by Gasteiger charge is -2.17. The maximum atomic E-state index is 5.15. The molecule has 0 amide bonds. The topological polar surface area (TPSA) is 56.5 Å². The third-order valence-electron chi connectivity index (χ3n) is 0.728. The Bertz CT molecular complexity index is 166. The molecule has 0 rings (SSSR count). The van der Waals surface area contributed by atoms with Crippen LogP contribution in [0, 0.1) is 0 Å². The van der Waals surface area contributed by atoms with E-state index in [0.29, 0.717) is 0 Å². The highest BCUT2D eigenvalue weighted by molar-refractivity contribution is 8.09. The van der Waals surface area contributed by atoms with Crippen LogP contribution in [0.25, 0.3) is 0 Å². The number of hydrogen-bond acceptors (Lipinski definition) is 4. The lowest BCUT2D eigenvalue weighted by molar-refractivity contribution is 0.333. The van der Waals surface area contributed by atoms with E-state index in [9.17, 15) is 0 Å². The van der Waals surface area contributed by atoms with Crippen molar-refractivity contribution in [3.63, 3.8) is 0 Å². The summed E-state index contributed by atoms with van der Waals surface area (Å²) in [4.78, 5) is 0. The van der Waals surface area contributed by atoms with Crippen molar-refractivity contribution in [3.05, 3.63) is 0 Å². The van der Waals surface area contributed by atoms with Gasteiger partial charge in [-0.15, -0.1) is 0 Å². The van der Waals surface area contributed by atoms with Crippen LogP contribution in [0.4, 0.5) is 0 Å².